The average Bonchev–Trinajstić information content (AvgIpc) is 0.992. The first-order valence-corrected chi connectivity index (χ1v) is 48.4. The molecule has 0 nitrogen and oxygen atoms in total. The van der Waals surface area contributed by atoms with Crippen LogP contribution in [0.3, 0.4) is 0 Å². The summed E-state index contributed by atoms with van der Waals surface area (Å²) in [5.41, 5.74) is 35.1. The van der Waals surface area contributed by atoms with Gasteiger partial charge in [0.15, 0.2) is 0 Å². The van der Waals surface area contributed by atoms with Crippen molar-refractivity contribution in [3.05, 3.63) is 33.4 Å². The number of rotatable bonds is 18. The molecule has 0 bridgehead atoms. The zero-order chi connectivity index (χ0) is 69.8. The van der Waals surface area contributed by atoms with E-state index in [0.717, 1.165) is 0 Å². The fourth-order valence-corrected chi connectivity index (χ4v) is 48.4. The van der Waals surface area contributed by atoms with Crippen molar-refractivity contribution in [2.45, 2.75) is 349 Å². The third-order valence-corrected chi connectivity index (χ3v) is 59.4. The van der Waals surface area contributed by atoms with Crippen molar-refractivity contribution < 1.29 is 0 Å². The number of allylic oxidation sites excluding steroid dienone is 6. The maximum absolute atomic E-state index is 4.05. The molecule has 0 amide bonds. The van der Waals surface area contributed by atoms with Crippen LogP contribution in [-0.4, -0.2) is 48.4 Å². The largest absolute Gasteiger partial charge is 0.146 e. The van der Waals surface area contributed by atoms with Crippen LogP contribution in [0.2, 0.25) is 99.7 Å². The highest BCUT2D eigenvalue weighted by Crippen LogP contribution is 2.46. The molecule has 0 radical (unpaired) electrons. The second-order valence-electron chi connectivity index (χ2n) is 31.6. The van der Waals surface area contributed by atoms with Crippen LogP contribution in [0.15, 0.2) is 33.4 Å². The summed E-state index contributed by atoms with van der Waals surface area (Å²) in [6, 6.07) is 0. The summed E-state index contributed by atoms with van der Waals surface area (Å²) in [5.74, 6) is 63.7. The first-order chi connectivity index (χ1) is 41.5. The van der Waals surface area contributed by atoms with Gasteiger partial charge in [0.2, 0.25) is 0 Å². The lowest BCUT2D eigenvalue weighted by Crippen LogP contribution is -2.43. The van der Waals surface area contributed by atoms with Crippen molar-refractivity contribution in [3.8, 4) is 140 Å². The van der Waals surface area contributed by atoms with Gasteiger partial charge in [-0.25, -0.2) is 0 Å². The van der Waals surface area contributed by atoms with Crippen LogP contribution in [0.5, 0.6) is 0 Å². The van der Waals surface area contributed by atoms with Gasteiger partial charge in [0.25, 0.3) is 0 Å². The summed E-state index contributed by atoms with van der Waals surface area (Å²) < 4.78 is 0. The quantitative estimate of drug-likeness (QED) is 0.0948. The van der Waals surface area contributed by atoms with Crippen molar-refractivity contribution >= 4 is 48.4 Å². The zero-order valence-electron chi connectivity index (χ0n) is 64.4. The van der Waals surface area contributed by atoms with Crippen molar-refractivity contribution in [1.29, 1.82) is 0 Å². The van der Waals surface area contributed by atoms with E-state index >= 15 is 0 Å². The Hall–Kier alpha value is -4.76. The van der Waals surface area contributed by atoms with E-state index in [0.29, 0.717) is 133 Å². The van der Waals surface area contributed by atoms with Crippen LogP contribution in [0, 0.1) is 140 Å². The lowest BCUT2D eigenvalue weighted by molar-refractivity contribution is 0.838. The minimum atomic E-state index is -2.27. The van der Waals surface area contributed by atoms with Gasteiger partial charge < -0.3 is 0 Å². The van der Waals surface area contributed by atoms with E-state index in [1.807, 2.05) is 0 Å². The van der Waals surface area contributed by atoms with Crippen molar-refractivity contribution in [3.63, 3.8) is 0 Å². The minimum Gasteiger partial charge on any atom is -0.124 e. The van der Waals surface area contributed by atoms with Crippen molar-refractivity contribution in [2.24, 2.45) is 0 Å². The molecule has 90 heavy (non-hydrogen) atoms. The highest BCUT2D eigenvalue weighted by molar-refractivity contribution is 6.93. The van der Waals surface area contributed by atoms with Crippen LogP contribution >= 0.6 is 0 Å². The van der Waals surface area contributed by atoms with Gasteiger partial charge in [0.1, 0.15) is 65.2 Å². The molecule has 0 saturated carbocycles. The molecule has 0 N–H and O–H groups in total. The Morgan fingerprint density at radius 3 is 0.344 bits per heavy atom. The van der Waals surface area contributed by atoms with Crippen LogP contribution in [0.4, 0.5) is 0 Å². The van der Waals surface area contributed by atoms with Crippen LogP contribution in [-0.2, 0) is 0 Å². The van der Waals surface area contributed by atoms with Gasteiger partial charge in [-0.05, 0) is 171 Å². The van der Waals surface area contributed by atoms with E-state index < -0.39 is 48.4 Å². The van der Waals surface area contributed by atoms with Gasteiger partial charge in [-0.3, -0.25) is 0 Å². The van der Waals surface area contributed by atoms with Gasteiger partial charge in [0, 0.05) is 0 Å². The molecule has 0 unspecified atom stereocenters. The second-order valence-corrected chi connectivity index (χ2v) is 65.1. The molecule has 1 aliphatic carbocycles. The molecule has 0 fully saturated rings. The molecule has 1 rings (SSSR count). The fourth-order valence-electron chi connectivity index (χ4n) is 17.1. The Labute approximate surface area is 566 Å². The molecule has 0 spiro atoms. The summed E-state index contributed by atoms with van der Waals surface area (Å²) in [7, 11) is -13.6. The van der Waals surface area contributed by atoms with Crippen LogP contribution < -0.4 is 0 Å². The standard InChI is InChI=1S/C84H126Si6/c1-61(2)85(62(3)4,63(5)6)55-49-82(50-56-86(64(7)8,65(9)10)66(11)12)79-43-37-39-45-80(83(51-57-87(67(13)14,68(15)16)69(17)18)52-58-88(70(19)20,71(21)22)72(23)24)47-41-42-48-81(46-40-38-44-79)84(53-59-89(73(25)26,74(27)28)75(29)30)54-60-90(76(31)32,77(33)34)78(35)36/h61-78H,1-36H3. The fraction of sp³-hybridized carbons (Fsp3) is 0.643. The van der Waals surface area contributed by atoms with E-state index in [1.165, 1.54) is 0 Å². The smallest absolute Gasteiger partial charge is 0.124 e. The third-order valence-electron chi connectivity index (χ3n) is 21.7. The maximum Gasteiger partial charge on any atom is 0.146 e. The molecule has 0 aliphatic heterocycles. The maximum atomic E-state index is 4.05. The highest BCUT2D eigenvalue weighted by Gasteiger charge is 2.47. The first-order valence-electron chi connectivity index (χ1n) is 35.0. The SMILES string of the molecule is CC(C)[Si](C#CC(C#C[Si](C(C)C)(C(C)C)C(C)C)=C1C#CC#CC(=C(C#C[Si](C(C)C)(C(C)C)C(C)C)C#C[Si](C(C)C)(C(C)C)C(C)C)C#CC#CC(=C(C#C[Si](C(C)C)(C(C)C)C(C)C)C#C[Si](C(C)C)(C(C)C)C(C)C)C#CC#C1)(C(C)C)C(C)C. The predicted octanol–water partition coefficient (Wildman–Crippen LogP) is 23.2. The molecule has 0 aromatic carbocycles. The molecule has 0 aromatic heterocycles. The van der Waals surface area contributed by atoms with Crippen molar-refractivity contribution in [2.75, 3.05) is 0 Å². The van der Waals surface area contributed by atoms with E-state index in [9.17, 15) is 0 Å². The Morgan fingerprint density at radius 2 is 0.267 bits per heavy atom. The Morgan fingerprint density at radius 1 is 0.178 bits per heavy atom. The Kier molecular flexibility index (Phi) is 33.4. The monoisotopic (exact) mass is 1300 g/mol. The highest BCUT2D eigenvalue weighted by atomic mass is 28.3. The summed E-state index contributed by atoms with van der Waals surface area (Å²) in [6.45, 7) is 84.9. The molecular weight excluding hydrogens is 1180 g/mol. The van der Waals surface area contributed by atoms with E-state index in [1.54, 1.807) is 0 Å². The molecule has 0 atom stereocenters. The van der Waals surface area contributed by atoms with Gasteiger partial charge in [-0.1, -0.05) is 285 Å². The van der Waals surface area contributed by atoms with E-state index in [4.69, 9.17) is 0 Å². The first kappa shape index (κ1) is 83.3. The van der Waals surface area contributed by atoms with Gasteiger partial charge in [-0.15, -0.1) is 33.3 Å². The van der Waals surface area contributed by atoms with Gasteiger partial charge in [-0.2, -0.15) is 0 Å². The van der Waals surface area contributed by atoms with E-state index in [2.05, 4.69) is 389 Å². The third kappa shape index (κ3) is 19.0. The predicted molar refractivity (Wildman–Crippen MR) is 421 cm³/mol. The molecule has 0 heterocycles. The lowest BCUT2D eigenvalue weighted by Gasteiger charge is -2.38. The van der Waals surface area contributed by atoms with Crippen LogP contribution in [0.1, 0.15) is 249 Å². The summed E-state index contributed by atoms with van der Waals surface area (Å²) in [4.78, 5) is 0. The van der Waals surface area contributed by atoms with Gasteiger partial charge in [0.05, 0.1) is 16.7 Å². The number of hydrogen-bond donors (Lipinski definition) is 0. The van der Waals surface area contributed by atoms with Crippen molar-refractivity contribution in [1.82, 2.24) is 0 Å². The second kappa shape index (κ2) is 36.1. The Balaban J connectivity index is 6.00. The lowest BCUT2D eigenvalue weighted by atomic mass is 10.1. The Bertz CT molecular complexity index is 2700. The normalized spacial score (nSPS) is 13.2. The average molecular weight is 1300 g/mol. The molecule has 6 heteroatoms. The summed E-state index contributed by atoms with van der Waals surface area (Å²) in [5, 5.41) is 0. The molecular formula is C84H126Si6. The summed E-state index contributed by atoms with van der Waals surface area (Å²) in [6.07, 6.45) is 0. The topological polar surface area (TPSA) is 0 Å². The van der Waals surface area contributed by atoms with Gasteiger partial charge >= 0.3 is 0 Å². The molecule has 0 saturated heterocycles. The van der Waals surface area contributed by atoms with Crippen LogP contribution in [0.25, 0.3) is 0 Å². The summed E-state index contributed by atoms with van der Waals surface area (Å²) >= 11 is 0. The molecule has 486 valence electrons. The zero-order valence-corrected chi connectivity index (χ0v) is 70.4. The molecule has 1 aliphatic rings. The minimum absolute atomic E-state index is 0.410. The number of hydrogen-bond acceptors (Lipinski definition) is 0. The van der Waals surface area contributed by atoms with E-state index in [-0.39, 0.29) is 0 Å². The molecule has 0 aromatic rings.